The molecule has 10 heteroatoms. The fraction of sp³-hybridized carbons (Fsp3) is 0.250. The van der Waals surface area contributed by atoms with Crippen LogP contribution in [-0.4, -0.2) is 26.0 Å². The molecule has 0 aliphatic heterocycles. The summed E-state index contributed by atoms with van der Waals surface area (Å²) in [5.74, 6) is -0.142. The van der Waals surface area contributed by atoms with Crippen molar-refractivity contribution in [3.05, 3.63) is 29.8 Å². The Balaban J connectivity index is 0.00000441. The molecule has 114 valence electrons. The molecule has 1 rings (SSSR count). The van der Waals surface area contributed by atoms with E-state index < -0.39 is 10.3 Å². The second-order valence-electron chi connectivity index (χ2n) is 4.18. The van der Waals surface area contributed by atoms with E-state index in [0.29, 0.717) is 16.8 Å². The fourth-order valence-corrected chi connectivity index (χ4v) is 1.56. The molecule has 0 bridgehead atoms. The molecule has 0 unspecified atom stereocenters. The third kappa shape index (κ3) is 6.24. The summed E-state index contributed by atoms with van der Waals surface area (Å²) >= 11 is 0. The topological polar surface area (TPSA) is 120 Å². The van der Waals surface area contributed by atoms with Crippen molar-refractivity contribution in [3.8, 4) is 5.75 Å². The number of aryl methyl sites for hydroxylation is 1. The zero-order valence-electron chi connectivity index (χ0n) is 12.7. The molecule has 0 fully saturated rings. The largest absolute Gasteiger partial charge is 1.00 e. The Morgan fingerprint density at radius 3 is 2.45 bits per heavy atom. The number of anilines is 1. The minimum atomic E-state index is -4.81. The number of nitrogens with zero attached hydrogens (tertiary/aromatic N) is 2. The second-order valence-corrected chi connectivity index (χ2v) is 5.20. The Hall–Kier alpha value is -1.26. The number of hydrogen-bond donors (Lipinski definition) is 1. The van der Waals surface area contributed by atoms with E-state index in [1.165, 1.54) is 19.2 Å². The van der Waals surface area contributed by atoms with Crippen LogP contribution in [0.5, 0.6) is 5.75 Å². The van der Waals surface area contributed by atoms with E-state index in [1.807, 2.05) is 0 Å². The van der Waals surface area contributed by atoms with Crippen LogP contribution in [0, 0.1) is 6.92 Å². The van der Waals surface area contributed by atoms with Crippen LogP contribution in [0.1, 0.15) is 12.5 Å². The summed E-state index contributed by atoms with van der Waals surface area (Å²) in [6, 6.07) is 2.88. The van der Waals surface area contributed by atoms with Gasteiger partial charge in [-0.2, -0.15) is 0 Å². The molecular weight excluding hydrogens is 321 g/mol. The summed E-state index contributed by atoms with van der Waals surface area (Å²) in [5, 5.41) is 5.94. The van der Waals surface area contributed by atoms with Gasteiger partial charge in [0.2, 0.25) is 10.3 Å². The van der Waals surface area contributed by atoms with Gasteiger partial charge in [-0.1, -0.05) is 11.1 Å². The van der Waals surface area contributed by atoms with Gasteiger partial charge in [0.05, 0.1) is 18.5 Å². The maximum absolute atomic E-state index is 11.6. The smallest absolute Gasteiger partial charge is 0.728 e. The van der Waals surface area contributed by atoms with Gasteiger partial charge in [-0.05, 0) is 25.5 Å². The van der Waals surface area contributed by atoms with Crippen LogP contribution in [0.4, 0.5) is 11.4 Å². The molecular formula is C12H14N3NaO5S. The standard InChI is InChI=1S/C12H15N3O5S.Na/c1-7(2)12(16)13-10-5-8(3)9(6-11(10)20-4)14-15-21(17,18)19;/h5-6H,1H2,2-4H3,(H,13,16)(H,17,18,19);/q;+1/p-1. The van der Waals surface area contributed by atoms with E-state index >= 15 is 0 Å². The van der Waals surface area contributed by atoms with E-state index in [-0.39, 0.29) is 46.9 Å². The number of methoxy groups -OCH3 is 1. The van der Waals surface area contributed by atoms with Gasteiger partial charge < -0.3 is 14.6 Å². The summed E-state index contributed by atoms with van der Waals surface area (Å²) < 4.78 is 39.1. The fourth-order valence-electron chi connectivity index (χ4n) is 1.37. The van der Waals surface area contributed by atoms with Crippen molar-refractivity contribution < 1.29 is 52.1 Å². The van der Waals surface area contributed by atoms with Crippen LogP contribution in [0.2, 0.25) is 0 Å². The molecule has 0 saturated heterocycles. The van der Waals surface area contributed by atoms with E-state index in [4.69, 9.17) is 4.74 Å². The van der Waals surface area contributed by atoms with Gasteiger partial charge in [-0.3, -0.25) is 4.79 Å². The van der Waals surface area contributed by atoms with Gasteiger partial charge in [0, 0.05) is 11.6 Å². The summed E-state index contributed by atoms with van der Waals surface area (Å²) in [5.41, 5.74) is 1.32. The Morgan fingerprint density at radius 2 is 2.00 bits per heavy atom. The SMILES string of the molecule is C=C(C)C(=O)Nc1cc(C)c(N=NS(=O)(=O)[O-])cc1OC.[Na+]. The molecule has 1 aromatic carbocycles. The first-order valence-electron chi connectivity index (χ1n) is 5.68. The average Bonchev–Trinajstić information content (AvgIpc) is 2.36. The predicted molar refractivity (Wildman–Crippen MR) is 75.4 cm³/mol. The molecule has 0 radical (unpaired) electrons. The Kier molecular flexibility index (Phi) is 7.91. The predicted octanol–water partition coefficient (Wildman–Crippen LogP) is -0.934. The number of carbonyl (C=O) groups is 1. The van der Waals surface area contributed by atoms with Crippen molar-refractivity contribution in [2.45, 2.75) is 13.8 Å². The summed E-state index contributed by atoms with van der Waals surface area (Å²) in [6.07, 6.45) is 0. The summed E-state index contributed by atoms with van der Waals surface area (Å²) in [6.45, 7) is 6.68. The number of benzene rings is 1. The first-order chi connectivity index (χ1) is 9.64. The van der Waals surface area contributed by atoms with Crippen LogP contribution >= 0.6 is 0 Å². The van der Waals surface area contributed by atoms with E-state index in [1.54, 1.807) is 13.8 Å². The average molecular weight is 335 g/mol. The third-order valence-corrected chi connectivity index (χ3v) is 2.68. The Morgan fingerprint density at radius 1 is 1.41 bits per heavy atom. The maximum atomic E-state index is 11.6. The number of rotatable bonds is 5. The van der Waals surface area contributed by atoms with Crippen molar-refractivity contribution in [2.24, 2.45) is 9.63 Å². The minimum Gasteiger partial charge on any atom is -0.728 e. The monoisotopic (exact) mass is 335 g/mol. The molecule has 1 aromatic rings. The number of amides is 1. The molecule has 1 amide bonds. The Bertz CT molecular complexity index is 716. The normalized spacial score (nSPS) is 10.9. The first-order valence-corrected chi connectivity index (χ1v) is 7.05. The first kappa shape index (κ1) is 20.7. The molecule has 0 saturated carbocycles. The molecule has 0 aliphatic carbocycles. The second kappa shape index (κ2) is 8.39. The molecule has 1 N–H and O–H groups in total. The molecule has 0 heterocycles. The molecule has 22 heavy (non-hydrogen) atoms. The minimum absolute atomic E-state index is 0. The van der Waals surface area contributed by atoms with Crippen LogP contribution in [0.25, 0.3) is 0 Å². The number of ether oxygens (including phenoxy) is 1. The van der Waals surface area contributed by atoms with Crippen molar-refractivity contribution in [1.29, 1.82) is 0 Å². The molecule has 0 spiro atoms. The van der Waals surface area contributed by atoms with Crippen molar-refractivity contribution in [3.63, 3.8) is 0 Å². The Labute approximate surface area is 150 Å². The number of nitrogens with one attached hydrogen (secondary N) is 1. The zero-order valence-corrected chi connectivity index (χ0v) is 15.5. The quantitative estimate of drug-likeness (QED) is 0.322. The summed E-state index contributed by atoms with van der Waals surface area (Å²) in [7, 11) is -3.45. The van der Waals surface area contributed by atoms with Crippen molar-refractivity contribution >= 4 is 27.6 Å². The van der Waals surface area contributed by atoms with Crippen LogP contribution < -0.4 is 39.6 Å². The van der Waals surface area contributed by atoms with E-state index in [9.17, 15) is 17.8 Å². The van der Waals surface area contributed by atoms with E-state index in [0.717, 1.165) is 0 Å². The number of hydrogen-bond acceptors (Lipinski definition) is 6. The van der Waals surface area contributed by atoms with Crippen LogP contribution in [0.3, 0.4) is 0 Å². The van der Waals surface area contributed by atoms with Gasteiger partial charge in [-0.15, -0.1) is 5.11 Å². The van der Waals surface area contributed by atoms with Gasteiger partial charge in [0.15, 0.2) is 0 Å². The molecule has 8 nitrogen and oxygen atoms in total. The summed E-state index contributed by atoms with van der Waals surface area (Å²) in [4.78, 5) is 11.6. The third-order valence-electron chi connectivity index (χ3n) is 2.40. The zero-order chi connectivity index (χ0) is 16.2. The van der Waals surface area contributed by atoms with Gasteiger partial charge in [0.1, 0.15) is 5.75 Å². The maximum Gasteiger partial charge on any atom is 1.00 e. The van der Waals surface area contributed by atoms with E-state index in [2.05, 4.69) is 21.5 Å². The van der Waals surface area contributed by atoms with Gasteiger partial charge >= 0.3 is 29.6 Å². The molecule has 0 aromatic heterocycles. The van der Waals surface area contributed by atoms with Gasteiger partial charge in [0.25, 0.3) is 5.91 Å². The molecule has 0 atom stereocenters. The van der Waals surface area contributed by atoms with Crippen LogP contribution in [0.15, 0.2) is 33.9 Å². The van der Waals surface area contributed by atoms with Crippen molar-refractivity contribution in [1.82, 2.24) is 0 Å². The van der Waals surface area contributed by atoms with Gasteiger partial charge in [-0.25, -0.2) is 8.42 Å². The van der Waals surface area contributed by atoms with Crippen LogP contribution in [-0.2, 0) is 15.1 Å². The number of carbonyl (C=O) groups excluding carboxylic acids is 1. The molecule has 0 aliphatic rings. The van der Waals surface area contributed by atoms with Crippen molar-refractivity contribution in [2.75, 3.05) is 12.4 Å².